The molecule has 0 aliphatic heterocycles. The van der Waals surface area contributed by atoms with Crippen molar-refractivity contribution in [3.8, 4) is 16.8 Å². The van der Waals surface area contributed by atoms with Gasteiger partial charge >= 0.3 is 5.69 Å². The molecule has 6 nitrogen and oxygen atoms in total. The zero-order valence-electron chi connectivity index (χ0n) is 14.4. The zero-order valence-corrected chi connectivity index (χ0v) is 14.4. The van der Waals surface area contributed by atoms with Crippen molar-refractivity contribution in [2.45, 2.75) is 13.5 Å². The van der Waals surface area contributed by atoms with E-state index in [1.165, 1.54) is 9.25 Å². The van der Waals surface area contributed by atoms with E-state index in [1.807, 2.05) is 12.1 Å². The lowest BCUT2D eigenvalue weighted by molar-refractivity contribution is 0.572. The first-order valence-electron chi connectivity index (χ1n) is 8.23. The summed E-state index contributed by atoms with van der Waals surface area (Å²) in [5, 5.41) is 10.9. The Morgan fingerprint density at radius 2 is 1.85 bits per heavy atom. The number of aryl methyl sites for hydroxylation is 1. The van der Waals surface area contributed by atoms with Gasteiger partial charge in [0.2, 0.25) is 0 Å². The molecule has 0 bridgehead atoms. The Morgan fingerprint density at radius 1 is 1.07 bits per heavy atom. The molecule has 4 aromatic rings. The smallest absolute Gasteiger partial charge is 0.285 e. The van der Waals surface area contributed by atoms with E-state index < -0.39 is 17.3 Å². The van der Waals surface area contributed by atoms with Crippen molar-refractivity contribution in [2.75, 3.05) is 0 Å². The van der Waals surface area contributed by atoms with Crippen molar-refractivity contribution in [3.05, 3.63) is 88.4 Å². The van der Waals surface area contributed by atoms with Crippen LogP contribution in [0.2, 0.25) is 0 Å². The quantitative estimate of drug-likeness (QED) is 0.603. The van der Waals surface area contributed by atoms with Crippen LogP contribution in [0.3, 0.4) is 0 Å². The molecule has 0 amide bonds. The fraction of sp³-hybridized carbons (Fsp3) is 0.105. The van der Waals surface area contributed by atoms with Gasteiger partial charge in [-0.05, 0) is 42.8 Å². The molecule has 0 radical (unpaired) electrons. The van der Waals surface area contributed by atoms with Crippen LogP contribution in [0, 0.1) is 18.6 Å². The Balaban J connectivity index is 1.68. The maximum Gasteiger partial charge on any atom is 0.351 e. The summed E-state index contributed by atoms with van der Waals surface area (Å²) in [7, 11) is 0. The summed E-state index contributed by atoms with van der Waals surface area (Å²) in [4.78, 5) is 12.7. The Hall–Kier alpha value is -3.55. The fourth-order valence-corrected chi connectivity index (χ4v) is 2.88. The van der Waals surface area contributed by atoms with Crippen LogP contribution in [0.25, 0.3) is 16.8 Å². The van der Waals surface area contributed by atoms with E-state index in [-0.39, 0.29) is 12.1 Å². The number of H-pyrrole nitrogens is 1. The van der Waals surface area contributed by atoms with Crippen molar-refractivity contribution in [3.63, 3.8) is 0 Å². The number of halogens is 2. The van der Waals surface area contributed by atoms with Gasteiger partial charge in [0, 0.05) is 17.3 Å². The van der Waals surface area contributed by atoms with Gasteiger partial charge in [0.25, 0.3) is 0 Å². The molecule has 1 N–H and O–H groups in total. The highest BCUT2D eigenvalue weighted by atomic mass is 19.1. The summed E-state index contributed by atoms with van der Waals surface area (Å²) in [5.74, 6) is -0.721. The van der Waals surface area contributed by atoms with Crippen molar-refractivity contribution in [1.29, 1.82) is 0 Å². The highest BCUT2D eigenvalue weighted by molar-refractivity contribution is 5.62. The third kappa shape index (κ3) is 3.17. The third-order valence-corrected chi connectivity index (χ3v) is 4.33. The average Bonchev–Trinajstić information content (AvgIpc) is 3.29. The monoisotopic (exact) mass is 367 g/mol. The molecule has 0 fully saturated rings. The first-order valence-corrected chi connectivity index (χ1v) is 8.23. The topological polar surface area (TPSA) is 68.5 Å². The number of aromatic nitrogens is 5. The van der Waals surface area contributed by atoms with E-state index in [9.17, 15) is 13.6 Å². The lowest BCUT2D eigenvalue weighted by Crippen LogP contribution is -2.25. The number of benzene rings is 2. The van der Waals surface area contributed by atoms with Crippen LogP contribution >= 0.6 is 0 Å². The minimum Gasteiger partial charge on any atom is -0.285 e. The molecular formula is C19H15F2N5O. The predicted molar refractivity (Wildman–Crippen MR) is 95.6 cm³/mol. The van der Waals surface area contributed by atoms with E-state index >= 15 is 0 Å². The normalized spacial score (nSPS) is 11.1. The number of hydrogen-bond acceptors (Lipinski definition) is 3. The average molecular weight is 367 g/mol. The van der Waals surface area contributed by atoms with Crippen molar-refractivity contribution in [1.82, 2.24) is 24.5 Å². The molecule has 0 aliphatic carbocycles. The molecule has 4 rings (SSSR count). The van der Waals surface area contributed by atoms with Crippen molar-refractivity contribution >= 4 is 0 Å². The second-order valence-electron chi connectivity index (χ2n) is 6.10. The lowest BCUT2D eigenvalue weighted by Gasteiger charge is -2.05. The maximum absolute atomic E-state index is 13.9. The Kier molecular flexibility index (Phi) is 4.15. The van der Waals surface area contributed by atoms with Gasteiger partial charge in [0.05, 0.1) is 18.4 Å². The summed E-state index contributed by atoms with van der Waals surface area (Å²) >= 11 is 0. The molecule has 27 heavy (non-hydrogen) atoms. The van der Waals surface area contributed by atoms with Gasteiger partial charge in [-0.1, -0.05) is 12.1 Å². The molecule has 8 heteroatoms. The van der Waals surface area contributed by atoms with Crippen LogP contribution in [0.1, 0.15) is 11.4 Å². The van der Waals surface area contributed by atoms with Crippen LogP contribution in [-0.4, -0.2) is 24.5 Å². The van der Waals surface area contributed by atoms with E-state index in [4.69, 9.17) is 0 Å². The summed E-state index contributed by atoms with van der Waals surface area (Å²) in [5.41, 5.74) is 2.12. The van der Waals surface area contributed by atoms with E-state index in [2.05, 4.69) is 15.3 Å². The van der Waals surface area contributed by atoms with Crippen molar-refractivity contribution < 1.29 is 8.78 Å². The highest BCUT2D eigenvalue weighted by Gasteiger charge is 2.14. The second kappa shape index (κ2) is 6.64. The van der Waals surface area contributed by atoms with Gasteiger partial charge in [0.1, 0.15) is 17.5 Å². The highest BCUT2D eigenvalue weighted by Crippen LogP contribution is 2.19. The van der Waals surface area contributed by atoms with Crippen molar-refractivity contribution in [2.24, 2.45) is 0 Å². The SMILES string of the molecule is Cc1nn(-c2ccc(-c3cn[nH]c3)cc2)c(=O)n1Cc1cc(F)ccc1F. The molecule has 0 unspecified atom stereocenters. The Bertz CT molecular complexity index is 1140. The van der Waals surface area contributed by atoms with Crippen LogP contribution < -0.4 is 5.69 Å². The summed E-state index contributed by atoms with van der Waals surface area (Å²) < 4.78 is 29.9. The molecule has 0 spiro atoms. The molecule has 0 aliphatic rings. The molecule has 0 saturated heterocycles. The van der Waals surface area contributed by atoms with E-state index in [0.29, 0.717) is 11.5 Å². The molecule has 2 aromatic heterocycles. The standard InChI is InChI=1S/C19H15F2N5O/c1-12-24-26(17-5-2-13(3-6-17)15-9-22-23-10-15)19(27)25(12)11-14-8-16(20)4-7-18(14)21/h2-10H,11H2,1H3,(H,22,23). The molecule has 136 valence electrons. The number of aromatic amines is 1. The third-order valence-electron chi connectivity index (χ3n) is 4.33. The second-order valence-corrected chi connectivity index (χ2v) is 6.10. The van der Waals surface area contributed by atoms with Gasteiger partial charge in [-0.15, -0.1) is 0 Å². The fourth-order valence-electron chi connectivity index (χ4n) is 2.88. The number of nitrogens with one attached hydrogen (secondary N) is 1. The van der Waals surface area contributed by atoms with Gasteiger partial charge in [-0.3, -0.25) is 9.67 Å². The van der Waals surface area contributed by atoms with Crippen LogP contribution in [-0.2, 0) is 6.54 Å². The van der Waals surface area contributed by atoms with Crippen LogP contribution in [0.15, 0.2) is 59.7 Å². The maximum atomic E-state index is 13.9. The van der Waals surface area contributed by atoms with E-state index in [1.54, 1.807) is 31.5 Å². The summed E-state index contributed by atoms with van der Waals surface area (Å²) in [6.45, 7) is 1.55. The predicted octanol–water partition coefficient (Wildman–Crippen LogP) is 3.06. The molecule has 0 saturated carbocycles. The summed E-state index contributed by atoms with van der Waals surface area (Å²) in [6, 6.07) is 10.4. The molecular weight excluding hydrogens is 352 g/mol. The molecule has 2 heterocycles. The van der Waals surface area contributed by atoms with E-state index in [0.717, 1.165) is 29.3 Å². The van der Waals surface area contributed by atoms with Gasteiger partial charge < -0.3 is 0 Å². The van der Waals surface area contributed by atoms with Crippen LogP contribution in [0.4, 0.5) is 8.78 Å². The van der Waals surface area contributed by atoms with Gasteiger partial charge in [-0.25, -0.2) is 13.6 Å². The largest absolute Gasteiger partial charge is 0.351 e. The lowest BCUT2D eigenvalue weighted by atomic mass is 10.1. The van der Waals surface area contributed by atoms with Crippen LogP contribution in [0.5, 0.6) is 0 Å². The Labute approximate surface area is 152 Å². The number of hydrogen-bond donors (Lipinski definition) is 1. The Morgan fingerprint density at radius 3 is 2.56 bits per heavy atom. The molecule has 0 atom stereocenters. The number of rotatable bonds is 4. The molecule has 2 aromatic carbocycles. The van der Waals surface area contributed by atoms with Gasteiger partial charge in [-0.2, -0.15) is 14.9 Å². The minimum absolute atomic E-state index is 0.0926. The summed E-state index contributed by atoms with van der Waals surface area (Å²) in [6.07, 6.45) is 3.47. The first-order chi connectivity index (χ1) is 13.0. The zero-order chi connectivity index (χ0) is 19.0. The first kappa shape index (κ1) is 16.9. The number of nitrogens with zero attached hydrogens (tertiary/aromatic N) is 4. The minimum atomic E-state index is -0.570. The van der Waals surface area contributed by atoms with Gasteiger partial charge in [0.15, 0.2) is 0 Å².